The zero-order chi connectivity index (χ0) is 11.3. The van der Waals surface area contributed by atoms with Gasteiger partial charge in [-0.05, 0) is 25.1 Å². The van der Waals surface area contributed by atoms with Gasteiger partial charge in [0.25, 0.3) is 0 Å². The van der Waals surface area contributed by atoms with Gasteiger partial charge in [0.15, 0.2) is 0 Å². The van der Waals surface area contributed by atoms with E-state index in [0.717, 1.165) is 11.3 Å². The maximum absolute atomic E-state index is 8.87. The Morgan fingerprint density at radius 2 is 2.27 bits per heavy atom. The summed E-state index contributed by atoms with van der Waals surface area (Å²) in [5.74, 6) is 0.803. The summed E-state index contributed by atoms with van der Waals surface area (Å²) in [4.78, 5) is 0. The largest absolute Gasteiger partial charge is 0.496 e. The van der Waals surface area contributed by atoms with Crippen molar-refractivity contribution >= 4 is 11.6 Å². The quantitative estimate of drug-likeness (QED) is 0.810. The molecule has 1 aromatic rings. The third-order valence-electron chi connectivity index (χ3n) is 2.16. The lowest BCUT2D eigenvalue weighted by Crippen LogP contribution is -2.28. The van der Waals surface area contributed by atoms with Crippen LogP contribution < -0.4 is 10.1 Å². The third-order valence-corrected chi connectivity index (χ3v) is 2.39. The lowest BCUT2D eigenvalue weighted by atomic mass is 10.2. The van der Waals surface area contributed by atoms with Crippen LogP contribution in [0.3, 0.4) is 0 Å². The first kappa shape index (κ1) is 12.3. The van der Waals surface area contributed by atoms with Gasteiger partial charge in [-0.25, -0.2) is 0 Å². The number of halogens is 1. The molecule has 4 heteroatoms. The lowest BCUT2D eigenvalue weighted by Gasteiger charge is -2.13. The standard InChI is InChI=1S/C11H16ClNO2/c1-8(7-14)13-6-9-5-10(12)3-4-11(9)15-2/h3-5,8,13-14H,6-7H2,1-2H3/t8-/m1/s1. The van der Waals surface area contributed by atoms with E-state index in [4.69, 9.17) is 21.4 Å². The van der Waals surface area contributed by atoms with Crippen LogP contribution >= 0.6 is 11.6 Å². The molecule has 0 heterocycles. The van der Waals surface area contributed by atoms with Crippen molar-refractivity contribution in [2.75, 3.05) is 13.7 Å². The summed E-state index contributed by atoms with van der Waals surface area (Å²) in [6, 6.07) is 5.55. The normalized spacial score (nSPS) is 12.5. The number of aliphatic hydroxyl groups excluding tert-OH is 1. The Hall–Kier alpha value is -0.770. The second-order valence-corrected chi connectivity index (χ2v) is 3.86. The first-order valence-corrected chi connectivity index (χ1v) is 5.21. The van der Waals surface area contributed by atoms with Crippen molar-refractivity contribution in [3.05, 3.63) is 28.8 Å². The summed E-state index contributed by atoms with van der Waals surface area (Å²) >= 11 is 5.89. The summed E-state index contributed by atoms with van der Waals surface area (Å²) < 4.78 is 5.21. The Bertz CT molecular complexity index is 317. The molecule has 1 atom stereocenters. The number of aliphatic hydroxyl groups is 1. The van der Waals surface area contributed by atoms with Gasteiger partial charge in [0, 0.05) is 23.2 Å². The van der Waals surface area contributed by atoms with E-state index < -0.39 is 0 Å². The highest BCUT2D eigenvalue weighted by atomic mass is 35.5. The first-order valence-electron chi connectivity index (χ1n) is 4.84. The minimum Gasteiger partial charge on any atom is -0.496 e. The molecular formula is C11H16ClNO2. The van der Waals surface area contributed by atoms with Crippen LogP contribution in [0.5, 0.6) is 5.75 Å². The fourth-order valence-electron chi connectivity index (χ4n) is 1.23. The number of benzene rings is 1. The fraction of sp³-hybridized carbons (Fsp3) is 0.455. The van der Waals surface area contributed by atoms with Crippen molar-refractivity contribution < 1.29 is 9.84 Å². The maximum Gasteiger partial charge on any atom is 0.123 e. The molecule has 2 N–H and O–H groups in total. The van der Waals surface area contributed by atoms with Crippen molar-refractivity contribution in [3.8, 4) is 5.75 Å². The molecule has 0 spiro atoms. The average molecular weight is 230 g/mol. The van der Waals surface area contributed by atoms with Crippen molar-refractivity contribution in [2.45, 2.75) is 19.5 Å². The molecule has 0 aromatic heterocycles. The van der Waals surface area contributed by atoms with Crippen LogP contribution in [-0.4, -0.2) is 24.9 Å². The molecule has 0 radical (unpaired) electrons. The van der Waals surface area contributed by atoms with Crippen molar-refractivity contribution in [1.82, 2.24) is 5.32 Å². The SMILES string of the molecule is COc1ccc(Cl)cc1CN[C@H](C)CO. The number of methoxy groups -OCH3 is 1. The second-order valence-electron chi connectivity index (χ2n) is 3.42. The molecule has 0 fully saturated rings. The minimum absolute atomic E-state index is 0.0636. The summed E-state index contributed by atoms with van der Waals surface area (Å²) in [6.45, 7) is 2.66. The second kappa shape index (κ2) is 5.95. The van der Waals surface area contributed by atoms with E-state index in [1.54, 1.807) is 13.2 Å². The zero-order valence-corrected chi connectivity index (χ0v) is 9.71. The van der Waals surface area contributed by atoms with Gasteiger partial charge in [-0.2, -0.15) is 0 Å². The van der Waals surface area contributed by atoms with Gasteiger partial charge in [0.1, 0.15) is 5.75 Å². The molecule has 0 unspecified atom stereocenters. The fourth-order valence-corrected chi connectivity index (χ4v) is 1.43. The van der Waals surface area contributed by atoms with Gasteiger partial charge >= 0.3 is 0 Å². The number of nitrogens with one attached hydrogen (secondary N) is 1. The molecule has 1 aromatic carbocycles. The van der Waals surface area contributed by atoms with Crippen LogP contribution in [-0.2, 0) is 6.54 Å². The van der Waals surface area contributed by atoms with E-state index in [-0.39, 0.29) is 12.6 Å². The molecule has 0 saturated carbocycles. The van der Waals surface area contributed by atoms with Gasteiger partial charge in [0.05, 0.1) is 13.7 Å². The highest BCUT2D eigenvalue weighted by Gasteiger charge is 2.05. The summed E-state index contributed by atoms with van der Waals surface area (Å²) in [5.41, 5.74) is 0.991. The van der Waals surface area contributed by atoms with E-state index in [2.05, 4.69) is 5.32 Å². The molecule has 1 rings (SSSR count). The van der Waals surface area contributed by atoms with E-state index in [0.29, 0.717) is 11.6 Å². The average Bonchev–Trinajstić information content (AvgIpc) is 2.26. The molecule has 0 aliphatic heterocycles. The van der Waals surface area contributed by atoms with E-state index in [1.165, 1.54) is 0 Å². The predicted octanol–water partition coefficient (Wildman–Crippen LogP) is 1.82. The van der Waals surface area contributed by atoms with Crippen LogP contribution in [0.1, 0.15) is 12.5 Å². The van der Waals surface area contributed by atoms with E-state index in [1.807, 2.05) is 19.1 Å². The molecule has 84 valence electrons. The molecule has 0 bridgehead atoms. The third kappa shape index (κ3) is 3.70. The lowest BCUT2D eigenvalue weighted by molar-refractivity contribution is 0.250. The Morgan fingerprint density at radius 3 is 2.87 bits per heavy atom. The highest BCUT2D eigenvalue weighted by molar-refractivity contribution is 6.30. The van der Waals surface area contributed by atoms with Crippen LogP contribution in [0, 0.1) is 0 Å². The van der Waals surface area contributed by atoms with E-state index >= 15 is 0 Å². The molecule has 15 heavy (non-hydrogen) atoms. The van der Waals surface area contributed by atoms with Crippen LogP contribution in [0.15, 0.2) is 18.2 Å². The number of hydrogen-bond donors (Lipinski definition) is 2. The van der Waals surface area contributed by atoms with Gasteiger partial charge in [0.2, 0.25) is 0 Å². The number of hydrogen-bond acceptors (Lipinski definition) is 3. The van der Waals surface area contributed by atoms with Crippen molar-refractivity contribution in [3.63, 3.8) is 0 Å². The van der Waals surface area contributed by atoms with Crippen molar-refractivity contribution in [1.29, 1.82) is 0 Å². The highest BCUT2D eigenvalue weighted by Crippen LogP contribution is 2.22. The monoisotopic (exact) mass is 229 g/mol. The van der Waals surface area contributed by atoms with Gasteiger partial charge in [-0.15, -0.1) is 0 Å². The Balaban J connectivity index is 2.69. The molecular weight excluding hydrogens is 214 g/mol. The molecule has 0 aliphatic rings. The molecule has 0 amide bonds. The van der Waals surface area contributed by atoms with Crippen molar-refractivity contribution in [2.24, 2.45) is 0 Å². The molecule has 3 nitrogen and oxygen atoms in total. The Kier molecular flexibility index (Phi) is 4.88. The van der Waals surface area contributed by atoms with E-state index in [9.17, 15) is 0 Å². The minimum atomic E-state index is 0.0636. The van der Waals surface area contributed by atoms with Crippen LogP contribution in [0.25, 0.3) is 0 Å². The summed E-state index contributed by atoms with van der Waals surface area (Å²) in [7, 11) is 1.63. The molecule has 0 aliphatic carbocycles. The summed E-state index contributed by atoms with van der Waals surface area (Å²) in [5, 5.41) is 12.7. The Morgan fingerprint density at radius 1 is 1.53 bits per heavy atom. The first-order chi connectivity index (χ1) is 7.17. The van der Waals surface area contributed by atoms with Gasteiger partial charge in [-0.1, -0.05) is 11.6 Å². The number of rotatable bonds is 5. The smallest absolute Gasteiger partial charge is 0.123 e. The maximum atomic E-state index is 8.87. The zero-order valence-electron chi connectivity index (χ0n) is 8.96. The van der Waals surface area contributed by atoms with Gasteiger partial charge in [-0.3, -0.25) is 0 Å². The molecule has 0 saturated heterocycles. The summed E-state index contributed by atoms with van der Waals surface area (Å²) in [6.07, 6.45) is 0. The van der Waals surface area contributed by atoms with Crippen LogP contribution in [0.2, 0.25) is 5.02 Å². The Labute approximate surface area is 95.0 Å². The predicted molar refractivity (Wildman–Crippen MR) is 61.4 cm³/mol. The topological polar surface area (TPSA) is 41.5 Å². The van der Waals surface area contributed by atoms with Gasteiger partial charge < -0.3 is 15.2 Å². The van der Waals surface area contributed by atoms with Crippen LogP contribution in [0.4, 0.5) is 0 Å². The number of ether oxygens (including phenoxy) is 1.